The second-order valence-corrected chi connectivity index (χ2v) is 5.00. The van der Waals surface area contributed by atoms with Gasteiger partial charge < -0.3 is 9.73 Å². The second-order valence-electron chi connectivity index (χ2n) is 5.00. The summed E-state index contributed by atoms with van der Waals surface area (Å²) < 4.78 is 5.29. The Balaban J connectivity index is 1.91. The summed E-state index contributed by atoms with van der Waals surface area (Å²) in [7, 11) is 0. The number of nitrogens with one attached hydrogen (secondary N) is 1. The van der Waals surface area contributed by atoms with Gasteiger partial charge in [-0.1, -0.05) is 12.1 Å². The lowest BCUT2D eigenvalue weighted by atomic mass is 10.1. The third-order valence-corrected chi connectivity index (χ3v) is 3.41. The number of anilines is 1. The van der Waals surface area contributed by atoms with Crippen LogP contribution in [0.5, 0.6) is 0 Å². The number of para-hydroxylation sites is 1. The molecule has 1 N–H and O–H groups in total. The molecule has 0 aliphatic carbocycles. The molecular weight excluding hydrogens is 282 g/mol. The Morgan fingerprint density at radius 1 is 1.32 bits per heavy atom. The van der Waals surface area contributed by atoms with Gasteiger partial charge in [-0.05, 0) is 25.1 Å². The van der Waals surface area contributed by atoms with Crippen LogP contribution in [0.15, 0.2) is 47.1 Å². The van der Waals surface area contributed by atoms with Crippen LogP contribution in [0.1, 0.15) is 11.5 Å². The highest BCUT2D eigenvalue weighted by Crippen LogP contribution is 2.29. The van der Waals surface area contributed by atoms with Crippen LogP contribution in [-0.2, 0) is 6.42 Å². The first-order valence-corrected chi connectivity index (χ1v) is 6.96. The van der Waals surface area contributed by atoms with Gasteiger partial charge in [0.05, 0.1) is 11.2 Å². The number of aryl methyl sites for hydroxylation is 1. The third-order valence-electron chi connectivity index (χ3n) is 3.41. The average molecular weight is 297 g/mol. The minimum absolute atomic E-state index is 0.0234. The van der Waals surface area contributed by atoms with E-state index in [1.165, 1.54) is 6.07 Å². The van der Waals surface area contributed by atoms with Crippen LogP contribution in [0.4, 0.5) is 11.4 Å². The molecule has 0 radical (unpaired) electrons. The van der Waals surface area contributed by atoms with Crippen LogP contribution in [0, 0.1) is 17.0 Å². The van der Waals surface area contributed by atoms with E-state index in [0.717, 1.165) is 28.9 Å². The summed E-state index contributed by atoms with van der Waals surface area (Å²) in [5.74, 6) is 0.897. The lowest BCUT2D eigenvalue weighted by Crippen LogP contribution is -2.06. The van der Waals surface area contributed by atoms with Crippen molar-refractivity contribution in [2.75, 3.05) is 11.9 Å². The highest BCUT2D eigenvalue weighted by atomic mass is 16.6. The van der Waals surface area contributed by atoms with Crippen molar-refractivity contribution in [1.29, 1.82) is 0 Å². The normalized spacial score (nSPS) is 10.8. The van der Waals surface area contributed by atoms with Gasteiger partial charge >= 0.3 is 0 Å². The summed E-state index contributed by atoms with van der Waals surface area (Å²) in [5.41, 5.74) is 2.02. The SMILES string of the molecule is Cc1cc(NCCc2ccco2)c2cccc([N+](=O)[O-])c2n1. The van der Waals surface area contributed by atoms with Gasteiger partial charge in [-0.3, -0.25) is 10.1 Å². The smallest absolute Gasteiger partial charge is 0.295 e. The Morgan fingerprint density at radius 3 is 2.91 bits per heavy atom. The van der Waals surface area contributed by atoms with Gasteiger partial charge in [0.2, 0.25) is 0 Å². The average Bonchev–Trinajstić information content (AvgIpc) is 2.99. The number of hydrogen-bond acceptors (Lipinski definition) is 5. The highest BCUT2D eigenvalue weighted by Gasteiger charge is 2.15. The first-order chi connectivity index (χ1) is 10.6. The van der Waals surface area contributed by atoms with E-state index in [1.54, 1.807) is 12.3 Å². The number of furan rings is 1. The van der Waals surface area contributed by atoms with Crippen LogP contribution < -0.4 is 5.32 Å². The molecule has 0 amide bonds. The molecule has 0 bridgehead atoms. The number of nitro benzene ring substituents is 1. The second kappa shape index (κ2) is 5.85. The van der Waals surface area contributed by atoms with Gasteiger partial charge in [-0.25, -0.2) is 4.98 Å². The first-order valence-electron chi connectivity index (χ1n) is 6.96. The quantitative estimate of drug-likeness (QED) is 0.573. The fourth-order valence-corrected chi connectivity index (χ4v) is 2.43. The number of non-ortho nitro benzene ring substituents is 1. The number of aromatic nitrogens is 1. The lowest BCUT2D eigenvalue weighted by molar-refractivity contribution is -0.383. The fraction of sp³-hybridized carbons (Fsp3) is 0.188. The predicted octanol–water partition coefficient (Wildman–Crippen LogP) is 3.70. The summed E-state index contributed by atoms with van der Waals surface area (Å²) in [6, 6.07) is 10.7. The fourth-order valence-electron chi connectivity index (χ4n) is 2.43. The summed E-state index contributed by atoms with van der Waals surface area (Å²) in [4.78, 5) is 15.1. The molecule has 0 saturated carbocycles. The zero-order chi connectivity index (χ0) is 15.5. The molecule has 2 heterocycles. The molecule has 2 aromatic heterocycles. The van der Waals surface area contributed by atoms with E-state index in [4.69, 9.17) is 4.42 Å². The summed E-state index contributed by atoms with van der Waals surface area (Å²) in [5, 5.41) is 15.2. The molecule has 0 spiro atoms. The zero-order valence-corrected chi connectivity index (χ0v) is 12.1. The van der Waals surface area contributed by atoms with Gasteiger partial charge in [0.25, 0.3) is 5.69 Å². The molecular formula is C16H15N3O3. The van der Waals surface area contributed by atoms with Gasteiger partial charge in [-0.15, -0.1) is 0 Å². The number of pyridine rings is 1. The van der Waals surface area contributed by atoms with Gasteiger partial charge in [0, 0.05) is 35.8 Å². The zero-order valence-electron chi connectivity index (χ0n) is 12.1. The largest absolute Gasteiger partial charge is 0.469 e. The Bertz CT molecular complexity index is 813. The topological polar surface area (TPSA) is 81.2 Å². The van der Waals surface area contributed by atoms with Crippen molar-refractivity contribution >= 4 is 22.3 Å². The molecule has 3 aromatic rings. The summed E-state index contributed by atoms with van der Waals surface area (Å²) in [6.07, 6.45) is 2.38. The molecule has 112 valence electrons. The van der Waals surface area contributed by atoms with E-state index in [0.29, 0.717) is 12.1 Å². The van der Waals surface area contributed by atoms with Crippen molar-refractivity contribution in [1.82, 2.24) is 4.98 Å². The van der Waals surface area contributed by atoms with Gasteiger partial charge in [-0.2, -0.15) is 0 Å². The first kappa shape index (κ1) is 14.1. The van der Waals surface area contributed by atoms with Crippen LogP contribution in [0.2, 0.25) is 0 Å². The molecule has 3 rings (SSSR count). The van der Waals surface area contributed by atoms with Crippen molar-refractivity contribution in [3.05, 3.63) is 64.2 Å². The molecule has 0 fully saturated rings. The predicted molar refractivity (Wildman–Crippen MR) is 84.0 cm³/mol. The molecule has 6 nitrogen and oxygen atoms in total. The van der Waals surface area contributed by atoms with Crippen molar-refractivity contribution < 1.29 is 9.34 Å². The van der Waals surface area contributed by atoms with E-state index in [1.807, 2.05) is 31.2 Å². The summed E-state index contributed by atoms with van der Waals surface area (Å²) in [6.45, 7) is 2.50. The number of fused-ring (bicyclic) bond motifs is 1. The van der Waals surface area contributed by atoms with E-state index >= 15 is 0 Å². The van der Waals surface area contributed by atoms with Crippen LogP contribution in [0.3, 0.4) is 0 Å². The Morgan fingerprint density at radius 2 is 2.18 bits per heavy atom. The molecule has 6 heteroatoms. The Labute approximate surface area is 126 Å². The molecule has 0 aliphatic rings. The molecule has 0 aliphatic heterocycles. The molecule has 0 saturated heterocycles. The minimum atomic E-state index is -0.401. The van der Waals surface area contributed by atoms with E-state index < -0.39 is 4.92 Å². The minimum Gasteiger partial charge on any atom is -0.469 e. The number of nitro groups is 1. The van der Waals surface area contributed by atoms with Gasteiger partial charge in [0.15, 0.2) is 5.52 Å². The number of benzene rings is 1. The maximum absolute atomic E-state index is 11.1. The molecule has 1 aromatic carbocycles. The van der Waals surface area contributed by atoms with Gasteiger partial charge in [0.1, 0.15) is 5.76 Å². The number of hydrogen-bond donors (Lipinski definition) is 1. The Hall–Kier alpha value is -2.89. The maximum Gasteiger partial charge on any atom is 0.295 e. The van der Waals surface area contributed by atoms with Crippen molar-refractivity contribution in [3.63, 3.8) is 0 Å². The summed E-state index contributed by atoms with van der Waals surface area (Å²) >= 11 is 0. The number of nitrogens with zero attached hydrogens (tertiary/aromatic N) is 2. The van der Waals surface area contributed by atoms with Crippen LogP contribution in [0.25, 0.3) is 10.9 Å². The van der Waals surface area contributed by atoms with Crippen molar-refractivity contribution in [2.24, 2.45) is 0 Å². The number of rotatable bonds is 5. The van der Waals surface area contributed by atoms with E-state index in [-0.39, 0.29) is 5.69 Å². The van der Waals surface area contributed by atoms with Crippen LogP contribution in [-0.4, -0.2) is 16.5 Å². The highest BCUT2D eigenvalue weighted by molar-refractivity contribution is 5.96. The maximum atomic E-state index is 11.1. The monoisotopic (exact) mass is 297 g/mol. The van der Waals surface area contributed by atoms with Crippen LogP contribution >= 0.6 is 0 Å². The molecule has 0 unspecified atom stereocenters. The molecule has 22 heavy (non-hydrogen) atoms. The van der Waals surface area contributed by atoms with E-state index in [9.17, 15) is 10.1 Å². The van der Waals surface area contributed by atoms with Crippen molar-refractivity contribution in [2.45, 2.75) is 13.3 Å². The lowest BCUT2D eigenvalue weighted by Gasteiger charge is -2.10. The van der Waals surface area contributed by atoms with Crippen molar-refractivity contribution in [3.8, 4) is 0 Å². The molecule has 0 atom stereocenters. The van der Waals surface area contributed by atoms with E-state index in [2.05, 4.69) is 10.3 Å². The Kier molecular flexibility index (Phi) is 3.74. The third kappa shape index (κ3) is 2.76. The standard InChI is InChI=1S/C16H15N3O3/c1-11-10-14(17-8-7-12-4-3-9-22-12)13-5-2-6-15(19(20)21)16(13)18-11/h2-6,9-10H,7-8H2,1H3,(H,17,18).